The molecule has 1 saturated heterocycles. The molecule has 10 nitrogen and oxygen atoms in total. The van der Waals surface area contributed by atoms with Crippen LogP contribution in [0.15, 0.2) is 85.6 Å². The molecular formula is C36H38FN7O3. The van der Waals surface area contributed by atoms with E-state index in [0.717, 1.165) is 42.9 Å². The van der Waals surface area contributed by atoms with Crippen molar-refractivity contribution in [2.45, 2.75) is 39.5 Å². The summed E-state index contributed by atoms with van der Waals surface area (Å²) in [5.74, 6) is -0.0906. The Labute approximate surface area is 273 Å². The first-order valence-electron chi connectivity index (χ1n) is 15.9. The van der Waals surface area contributed by atoms with Gasteiger partial charge in [0, 0.05) is 48.3 Å². The number of rotatable bonds is 12. The van der Waals surface area contributed by atoms with E-state index < -0.39 is 11.7 Å². The number of piperidine rings is 1. The smallest absolute Gasteiger partial charge is 0.262 e. The SMILES string of the molecule is Cc1cccc(C)c1NC(=O)c1cnc(Nc2ccc(OCCCN3CCCCC3)c(F)c2)nc1Oc1ccc(-n2ccnc2)cc1. The number of carbonyl (C=O) groups excluding carboxylic acids is 1. The normalized spacial score (nSPS) is 13.3. The zero-order chi connectivity index (χ0) is 32.6. The minimum absolute atomic E-state index is 0.0377. The number of imidazole rings is 1. The van der Waals surface area contributed by atoms with Crippen LogP contribution < -0.4 is 20.1 Å². The van der Waals surface area contributed by atoms with E-state index in [4.69, 9.17) is 9.47 Å². The van der Waals surface area contributed by atoms with Crippen molar-refractivity contribution in [3.05, 3.63) is 108 Å². The maximum absolute atomic E-state index is 15.0. The van der Waals surface area contributed by atoms with Crippen LogP contribution in [0.1, 0.15) is 47.2 Å². The molecule has 11 heteroatoms. The first kappa shape index (κ1) is 31.7. The van der Waals surface area contributed by atoms with Crippen molar-refractivity contribution in [3.8, 4) is 23.1 Å². The molecule has 3 aromatic carbocycles. The fourth-order valence-electron chi connectivity index (χ4n) is 5.54. The molecule has 1 fully saturated rings. The average molecular weight is 636 g/mol. The molecule has 0 spiro atoms. The van der Waals surface area contributed by atoms with E-state index in [0.29, 0.717) is 23.7 Å². The molecule has 0 bridgehead atoms. The van der Waals surface area contributed by atoms with E-state index >= 15 is 0 Å². The minimum atomic E-state index is -0.493. The Balaban J connectivity index is 1.18. The number of nitrogens with zero attached hydrogens (tertiary/aromatic N) is 5. The maximum atomic E-state index is 15.0. The number of aromatic nitrogens is 4. The van der Waals surface area contributed by atoms with Crippen molar-refractivity contribution in [2.24, 2.45) is 0 Å². The highest BCUT2D eigenvalue weighted by atomic mass is 19.1. The van der Waals surface area contributed by atoms with Crippen LogP contribution in [0.2, 0.25) is 0 Å². The summed E-state index contributed by atoms with van der Waals surface area (Å²) in [6.07, 6.45) is 11.2. The topological polar surface area (TPSA) is 106 Å². The summed E-state index contributed by atoms with van der Waals surface area (Å²) < 4.78 is 28.7. The molecule has 0 unspecified atom stereocenters. The summed E-state index contributed by atoms with van der Waals surface area (Å²) in [6, 6.07) is 17.7. The van der Waals surface area contributed by atoms with Crippen molar-refractivity contribution in [1.82, 2.24) is 24.4 Å². The Bertz CT molecular complexity index is 1790. The molecule has 2 aromatic heterocycles. The molecule has 1 amide bonds. The highest BCUT2D eigenvalue weighted by Gasteiger charge is 2.19. The van der Waals surface area contributed by atoms with Gasteiger partial charge in [-0.05, 0) is 93.7 Å². The number of nitrogens with one attached hydrogen (secondary N) is 2. The Morgan fingerprint density at radius 1 is 1.00 bits per heavy atom. The van der Waals surface area contributed by atoms with Gasteiger partial charge in [0.25, 0.3) is 5.91 Å². The number of para-hydroxylation sites is 1. The van der Waals surface area contributed by atoms with Gasteiger partial charge in [0.05, 0.1) is 12.9 Å². The van der Waals surface area contributed by atoms with Gasteiger partial charge in [0.15, 0.2) is 11.6 Å². The average Bonchev–Trinajstić information content (AvgIpc) is 3.62. The third-order valence-electron chi connectivity index (χ3n) is 8.08. The van der Waals surface area contributed by atoms with E-state index in [-0.39, 0.29) is 23.1 Å². The third-order valence-corrected chi connectivity index (χ3v) is 8.08. The lowest BCUT2D eigenvalue weighted by Crippen LogP contribution is -2.31. The fraction of sp³-hybridized carbons (Fsp3) is 0.278. The lowest BCUT2D eigenvalue weighted by atomic mass is 10.1. The molecule has 0 aliphatic carbocycles. The Kier molecular flexibility index (Phi) is 10.0. The van der Waals surface area contributed by atoms with E-state index in [9.17, 15) is 9.18 Å². The number of amides is 1. The van der Waals surface area contributed by atoms with Gasteiger partial charge in [-0.25, -0.2) is 14.4 Å². The quantitative estimate of drug-likeness (QED) is 0.136. The zero-order valence-electron chi connectivity index (χ0n) is 26.6. The number of hydrogen-bond acceptors (Lipinski definition) is 8. The summed E-state index contributed by atoms with van der Waals surface area (Å²) in [5.41, 5.74) is 4.00. The standard InChI is InChI=1S/C36H38FN7O3/c1-25-8-6-9-26(2)33(25)41-34(45)30-23-39-36(42-35(30)47-29-13-11-28(12-14-29)44-20-16-38-24-44)40-27-10-15-32(31(37)22-27)46-21-7-19-43-17-4-3-5-18-43/h6,8-16,20,22-24H,3-5,7,17-19,21H2,1-2H3,(H,41,45)(H,39,40,42). The molecule has 6 rings (SSSR count). The van der Waals surface area contributed by atoms with Crippen molar-refractivity contribution >= 4 is 23.2 Å². The molecule has 0 saturated carbocycles. The molecule has 0 atom stereocenters. The van der Waals surface area contributed by atoms with Crippen LogP contribution in [0.5, 0.6) is 17.4 Å². The summed E-state index contributed by atoms with van der Waals surface area (Å²) in [4.78, 5) is 28.9. The van der Waals surface area contributed by atoms with Gasteiger partial charge in [0.1, 0.15) is 11.3 Å². The van der Waals surface area contributed by atoms with Crippen molar-refractivity contribution in [2.75, 3.05) is 36.9 Å². The summed E-state index contributed by atoms with van der Waals surface area (Å²) in [6.45, 7) is 7.50. The van der Waals surface area contributed by atoms with Crippen LogP contribution in [-0.4, -0.2) is 56.6 Å². The molecule has 242 valence electrons. The van der Waals surface area contributed by atoms with E-state index in [1.165, 1.54) is 31.5 Å². The highest BCUT2D eigenvalue weighted by Crippen LogP contribution is 2.29. The van der Waals surface area contributed by atoms with Crippen molar-refractivity contribution in [3.63, 3.8) is 0 Å². The van der Waals surface area contributed by atoms with Crippen LogP contribution in [0, 0.1) is 19.7 Å². The Morgan fingerprint density at radius 2 is 1.79 bits per heavy atom. The lowest BCUT2D eigenvalue weighted by Gasteiger charge is -2.26. The Morgan fingerprint density at radius 3 is 2.51 bits per heavy atom. The van der Waals surface area contributed by atoms with Crippen molar-refractivity contribution in [1.29, 1.82) is 0 Å². The largest absolute Gasteiger partial charge is 0.490 e. The minimum Gasteiger partial charge on any atom is -0.490 e. The van der Waals surface area contributed by atoms with Gasteiger partial charge in [-0.15, -0.1) is 0 Å². The van der Waals surface area contributed by atoms with Crippen LogP contribution in [0.3, 0.4) is 0 Å². The van der Waals surface area contributed by atoms with Gasteiger partial charge in [0.2, 0.25) is 11.8 Å². The lowest BCUT2D eigenvalue weighted by molar-refractivity contribution is 0.102. The molecule has 47 heavy (non-hydrogen) atoms. The molecule has 2 N–H and O–H groups in total. The monoisotopic (exact) mass is 635 g/mol. The van der Waals surface area contributed by atoms with E-state index in [1.807, 2.05) is 54.9 Å². The predicted molar refractivity (Wildman–Crippen MR) is 180 cm³/mol. The summed E-state index contributed by atoms with van der Waals surface area (Å²) >= 11 is 0. The third kappa shape index (κ3) is 8.11. The van der Waals surface area contributed by atoms with E-state index in [1.54, 1.807) is 36.8 Å². The van der Waals surface area contributed by atoms with Crippen molar-refractivity contribution < 1.29 is 18.7 Å². The summed E-state index contributed by atoms with van der Waals surface area (Å²) in [5, 5.41) is 6.00. The molecule has 1 aliphatic rings. The van der Waals surface area contributed by atoms with Gasteiger partial charge in [-0.1, -0.05) is 24.6 Å². The number of hydrogen-bond donors (Lipinski definition) is 2. The Hall–Kier alpha value is -5.29. The first-order valence-corrected chi connectivity index (χ1v) is 15.9. The second-order valence-corrected chi connectivity index (χ2v) is 11.6. The van der Waals surface area contributed by atoms with Crippen LogP contribution in [-0.2, 0) is 0 Å². The van der Waals surface area contributed by atoms with Crippen LogP contribution in [0.25, 0.3) is 5.69 Å². The number of carbonyl (C=O) groups is 1. The van der Waals surface area contributed by atoms with Gasteiger partial charge >= 0.3 is 0 Å². The first-order chi connectivity index (χ1) is 22.9. The number of anilines is 3. The van der Waals surface area contributed by atoms with Gasteiger partial charge in [-0.2, -0.15) is 4.98 Å². The summed E-state index contributed by atoms with van der Waals surface area (Å²) in [7, 11) is 0. The molecular weight excluding hydrogens is 597 g/mol. The van der Waals surface area contributed by atoms with Crippen LogP contribution in [0.4, 0.5) is 21.7 Å². The fourth-order valence-corrected chi connectivity index (χ4v) is 5.54. The van der Waals surface area contributed by atoms with Gasteiger partial charge < -0.3 is 29.6 Å². The molecule has 3 heterocycles. The number of ether oxygens (including phenoxy) is 2. The molecule has 0 radical (unpaired) electrons. The number of likely N-dealkylation sites (tertiary alicyclic amines) is 1. The second kappa shape index (κ2) is 14.9. The number of aryl methyl sites for hydroxylation is 2. The van der Waals surface area contributed by atoms with Crippen LogP contribution >= 0.6 is 0 Å². The van der Waals surface area contributed by atoms with Gasteiger partial charge in [-0.3, -0.25) is 4.79 Å². The number of benzene rings is 3. The maximum Gasteiger partial charge on any atom is 0.262 e. The number of halogens is 1. The predicted octanol–water partition coefficient (Wildman–Crippen LogP) is 7.46. The highest BCUT2D eigenvalue weighted by molar-refractivity contribution is 6.06. The zero-order valence-corrected chi connectivity index (χ0v) is 26.6. The molecule has 5 aromatic rings. The second-order valence-electron chi connectivity index (χ2n) is 11.6. The van der Waals surface area contributed by atoms with E-state index in [2.05, 4.69) is 30.5 Å². The molecule has 1 aliphatic heterocycles.